The molecular formula is C24H26N4O5S. The number of aliphatic hydroxyl groups is 2. The molecule has 3 N–H and O–H groups in total. The van der Waals surface area contributed by atoms with E-state index >= 15 is 0 Å². The number of benzene rings is 2. The smallest absolute Gasteiger partial charge is 0.265 e. The number of aromatic nitrogens is 1. The molecule has 0 bridgehead atoms. The van der Waals surface area contributed by atoms with Gasteiger partial charge < -0.3 is 10.2 Å². The van der Waals surface area contributed by atoms with Gasteiger partial charge in [-0.3, -0.25) is 9.10 Å². The van der Waals surface area contributed by atoms with Crippen LogP contribution in [0, 0.1) is 5.92 Å². The molecule has 2 aromatic carbocycles. The average Bonchev–Trinajstić information content (AvgIpc) is 3.23. The van der Waals surface area contributed by atoms with Crippen molar-refractivity contribution in [2.45, 2.75) is 17.4 Å². The quantitative estimate of drug-likeness (QED) is 0.421. The van der Waals surface area contributed by atoms with Crippen molar-refractivity contribution in [3.05, 3.63) is 84.6 Å². The van der Waals surface area contributed by atoms with Crippen molar-refractivity contribution in [3.63, 3.8) is 0 Å². The van der Waals surface area contributed by atoms with E-state index in [1.54, 1.807) is 30.3 Å². The average molecular weight is 483 g/mol. The molecule has 2 heterocycles. The fourth-order valence-electron chi connectivity index (χ4n) is 3.77. The zero-order valence-corrected chi connectivity index (χ0v) is 19.2. The summed E-state index contributed by atoms with van der Waals surface area (Å²) in [5, 5.41) is 20.5. The monoisotopic (exact) mass is 482 g/mol. The number of aliphatic hydroxyl groups excluding tert-OH is 2. The summed E-state index contributed by atoms with van der Waals surface area (Å²) >= 11 is 0. The Labute approximate surface area is 198 Å². The van der Waals surface area contributed by atoms with Crippen molar-refractivity contribution < 1.29 is 23.4 Å². The van der Waals surface area contributed by atoms with Gasteiger partial charge in [0, 0.05) is 12.7 Å². The minimum Gasteiger partial charge on any atom is -0.394 e. The molecule has 34 heavy (non-hydrogen) atoms. The Hall–Kier alpha value is -3.31. The van der Waals surface area contributed by atoms with Crippen molar-refractivity contribution in [2.75, 3.05) is 29.0 Å². The molecule has 0 aliphatic carbocycles. The van der Waals surface area contributed by atoms with Crippen LogP contribution in [-0.4, -0.2) is 55.3 Å². The predicted octanol–water partition coefficient (Wildman–Crippen LogP) is 1.34. The third-order valence-corrected chi connectivity index (χ3v) is 7.34. The molecule has 3 aromatic rings. The molecule has 1 amide bonds. The Balaban J connectivity index is 1.53. The Bertz CT molecular complexity index is 1210. The molecule has 1 fully saturated rings. The van der Waals surface area contributed by atoms with Gasteiger partial charge in [0.15, 0.2) is 0 Å². The van der Waals surface area contributed by atoms with Crippen LogP contribution in [0.5, 0.6) is 0 Å². The second-order valence-electron chi connectivity index (χ2n) is 7.98. The van der Waals surface area contributed by atoms with Gasteiger partial charge in [-0.15, -0.1) is 0 Å². The summed E-state index contributed by atoms with van der Waals surface area (Å²) in [5.41, 5.74) is 4.44. The lowest BCUT2D eigenvalue weighted by atomic mass is 10.00. The van der Waals surface area contributed by atoms with E-state index in [1.807, 2.05) is 30.3 Å². The molecule has 1 aliphatic rings. The SMILES string of the molecule is O=C1C(Cc2ccccc2)CNN1c1ccc(S(=O)(=O)N(CC(O)CO)c2ccccc2)cn1. The fourth-order valence-corrected chi connectivity index (χ4v) is 5.22. The van der Waals surface area contributed by atoms with E-state index in [0.29, 0.717) is 24.5 Å². The maximum Gasteiger partial charge on any atom is 0.265 e. The van der Waals surface area contributed by atoms with Gasteiger partial charge in [-0.1, -0.05) is 48.5 Å². The Morgan fingerprint density at radius 2 is 1.74 bits per heavy atom. The van der Waals surface area contributed by atoms with Crippen LogP contribution >= 0.6 is 0 Å². The van der Waals surface area contributed by atoms with E-state index in [-0.39, 0.29) is 23.3 Å². The van der Waals surface area contributed by atoms with Gasteiger partial charge in [0.25, 0.3) is 10.0 Å². The summed E-state index contributed by atoms with van der Waals surface area (Å²) in [6.07, 6.45) is 0.524. The number of nitrogens with one attached hydrogen (secondary N) is 1. The summed E-state index contributed by atoms with van der Waals surface area (Å²) < 4.78 is 27.7. The first kappa shape index (κ1) is 23.8. The summed E-state index contributed by atoms with van der Waals surface area (Å²) in [6.45, 7) is -0.447. The van der Waals surface area contributed by atoms with E-state index in [1.165, 1.54) is 23.3 Å². The van der Waals surface area contributed by atoms with E-state index < -0.39 is 22.7 Å². The number of sulfonamides is 1. The molecular weight excluding hydrogens is 456 g/mol. The van der Waals surface area contributed by atoms with Crippen molar-refractivity contribution in [3.8, 4) is 0 Å². The third kappa shape index (κ3) is 5.10. The molecule has 2 atom stereocenters. The van der Waals surface area contributed by atoms with E-state index in [0.717, 1.165) is 9.87 Å². The minimum atomic E-state index is -4.09. The Morgan fingerprint density at radius 3 is 2.35 bits per heavy atom. The molecule has 2 unspecified atom stereocenters. The van der Waals surface area contributed by atoms with Crippen LogP contribution in [0.25, 0.3) is 0 Å². The number of para-hydroxylation sites is 1. The normalized spacial score (nSPS) is 17.1. The molecule has 1 aliphatic heterocycles. The van der Waals surface area contributed by atoms with Gasteiger partial charge in [0.05, 0.1) is 30.9 Å². The topological polar surface area (TPSA) is 123 Å². The van der Waals surface area contributed by atoms with Crippen LogP contribution in [0.2, 0.25) is 0 Å². The lowest BCUT2D eigenvalue weighted by Crippen LogP contribution is -2.39. The summed E-state index contributed by atoms with van der Waals surface area (Å²) in [5.74, 6) is -0.0914. The zero-order valence-electron chi connectivity index (χ0n) is 18.4. The molecule has 178 valence electrons. The van der Waals surface area contributed by atoms with E-state index in [9.17, 15) is 23.4 Å². The predicted molar refractivity (Wildman–Crippen MR) is 127 cm³/mol. The van der Waals surface area contributed by atoms with Crippen LogP contribution in [0.1, 0.15) is 5.56 Å². The molecule has 0 saturated carbocycles. The van der Waals surface area contributed by atoms with Crippen LogP contribution in [0.4, 0.5) is 11.5 Å². The number of carbonyl (C=O) groups is 1. The standard InChI is InChI=1S/C24H26N4O5S/c29-17-21(30)16-27(20-9-5-2-6-10-20)34(32,33)22-11-12-23(25-15-22)28-24(31)19(14-26-28)13-18-7-3-1-4-8-18/h1-12,15,19,21,26,29-30H,13-14,16-17H2. The summed E-state index contributed by atoms with van der Waals surface area (Å²) in [7, 11) is -4.09. The highest BCUT2D eigenvalue weighted by molar-refractivity contribution is 7.92. The number of pyridine rings is 1. The summed E-state index contributed by atoms with van der Waals surface area (Å²) in [4.78, 5) is 17.0. The van der Waals surface area contributed by atoms with Crippen LogP contribution < -0.4 is 14.7 Å². The number of anilines is 2. The maximum atomic E-state index is 13.3. The first-order valence-electron chi connectivity index (χ1n) is 10.8. The van der Waals surface area contributed by atoms with Gasteiger partial charge in [0.1, 0.15) is 10.7 Å². The highest BCUT2D eigenvalue weighted by atomic mass is 32.2. The van der Waals surface area contributed by atoms with Gasteiger partial charge in [-0.2, -0.15) is 0 Å². The van der Waals surface area contributed by atoms with Gasteiger partial charge in [0.2, 0.25) is 5.91 Å². The number of hydrogen-bond acceptors (Lipinski definition) is 7. The highest BCUT2D eigenvalue weighted by Crippen LogP contribution is 2.26. The number of carbonyl (C=O) groups excluding carboxylic acids is 1. The number of nitrogens with zero attached hydrogens (tertiary/aromatic N) is 3. The van der Waals surface area contributed by atoms with Crippen LogP contribution in [-0.2, 0) is 21.2 Å². The summed E-state index contributed by atoms with van der Waals surface area (Å²) in [6, 6.07) is 20.9. The fraction of sp³-hybridized carbons (Fsp3) is 0.250. The van der Waals surface area contributed by atoms with Gasteiger partial charge in [-0.05, 0) is 36.2 Å². The molecule has 0 spiro atoms. The second-order valence-corrected chi connectivity index (χ2v) is 9.85. The van der Waals surface area contributed by atoms with Gasteiger partial charge in [-0.25, -0.2) is 23.8 Å². The first-order valence-corrected chi connectivity index (χ1v) is 12.3. The highest BCUT2D eigenvalue weighted by Gasteiger charge is 2.34. The van der Waals surface area contributed by atoms with E-state index in [2.05, 4.69) is 10.4 Å². The van der Waals surface area contributed by atoms with E-state index in [4.69, 9.17) is 0 Å². The Morgan fingerprint density at radius 1 is 1.06 bits per heavy atom. The molecule has 0 radical (unpaired) electrons. The number of amides is 1. The maximum absolute atomic E-state index is 13.3. The first-order chi connectivity index (χ1) is 16.4. The molecule has 10 heteroatoms. The number of hydrazine groups is 1. The van der Waals surface area contributed by atoms with Crippen molar-refractivity contribution in [2.24, 2.45) is 5.92 Å². The minimum absolute atomic E-state index is 0.0993. The molecule has 4 rings (SSSR count). The van der Waals surface area contributed by atoms with Crippen molar-refractivity contribution in [1.82, 2.24) is 10.4 Å². The molecule has 1 aromatic heterocycles. The lowest BCUT2D eigenvalue weighted by Gasteiger charge is -2.26. The number of rotatable bonds is 9. The Kier molecular flexibility index (Phi) is 7.23. The van der Waals surface area contributed by atoms with Crippen LogP contribution in [0.3, 0.4) is 0 Å². The van der Waals surface area contributed by atoms with Crippen molar-refractivity contribution in [1.29, 1.82) is 0 Å². The second kappa shape index (κ2) is 10.3. The lowest BCUT2D eigenvalue weighted by molar-refractivity contribution is -0.120. The van der Waals surface area contributed by atoms with Crippen LogP contribution in [0.15, 0.2) is 83.9 Å². The zero-order chi connectivity index (χ0) is 24.1. The molecule has 9 nitrogen and oxygen atoms in total. The number of hydrogen-bond donors (Lipinski definition) is 3. The largest absolute Gasteiger partial charge is 0.394 e. The molecule has 1 saturated heterocycles. The van der Waals surface area contributed by atoms with Crippen molar-refractivity contribution >= 4 is 27.4 Å². The van der Waals surface area contributed by atoms with Gasteiger partial charge >= 0.3 is 0 Å². The third-order valence-electron chi connectivity index (χ3n) is 5.56.